The van der Waals surface area contributed by atoms with Gasteiger partial charge in [-0.15, -0.1) is 11.3 Å². The summed E-state index contributed by atoms with van der Waals surface area (Å²) in [5, 5.41) is 24.5. The van der Waals surface area contributed by atoms with Crippen LogP contribution in [-0.4, -0.2) is 22.5 Å². The molecule has 7 heteroatoms. The molecule has 1 heterocycles. The summed E-state index contributed by atoms with van der Waals surface area (Å²) in [6, 6.07) is 8.22. The number of aromatic carboxylic acids is 1. The lowest BCUT2D eigenvalue weighted by molar-refractivity contribution is -0.384. The number of carboxylic acid groups (broad SMARTS) is 1. The van der Waals surface area contributed by atoms with Crippen LogP contribution in [-0.2, 0) is 13.0 Å². The highest BCUT2D eigenvalue weighted by atomic mass is 32.1. The van der Waals surface area contributed by atoms with E-state index in [1.807, 2.05) is 0 Å². The number of carboxylic acids is 1. The van der Waals surface area contributed by atoms with Crippen LogP contribution in [0.2, 0.25) is 0 Å². The minimum absolute atomic E-state index is 0.0797. The number of rotatable bonds is 7. The molecule has 0 saturated carbocycles. The maximum atomic E-state index is 11.0. The number of nitrogens with zero attached hydrogens (tertiary/aromatic N) is 1. The number of thiophene rings is 1. The molecule has 6 nitrogen and oxygen atoms in total. The van der Waals surface area contributed by atoms with Crippen LogP contribution in [0.15, 0.2) is 35.7 Å². The summed E-state index contributed by atoms with van der Waals surface area (Å²) in [7, 11) is 0. The van der Waals surface area contributed by atoms with Crippen LogP contribution in [0.3, 0.4) is 0 Å². The van der Waals surface area contributed by atoms with E-state index in [-0.39, 0.29) is 5.69 Å². The Labute approximate surface area is 125 Å². The Kier molecular flexibility index (Phi) is 5.02. The van der Waals surface area contributed by atoms with E-state index in [1.54, 1.807) is 23.6 Å². The molecule has 0 radical (unpaired) electrons. The monoisotopic (exact) mass is 306 g/mol. The predicted octanol–water partition coefficient (Wildman–Crippen LogP) is 2.69. The first-order valence-electron chi connectivity index (χ1n) is 6.31. The highest BCUT2D eigenvalue weighted by molar-refractivity contribution is 7.12. The Bertz CT molecular complexity index is 637. The van der Waals surface area contributed by atoms with Gasteiger partial charge < -0.3 is 10.4 Å². The lowest BCUT2D eigenvalue weighted by atomic mass is 10.1. The number of hydrogen-bond donors (Lipinski definition) is 2. The molecule has 110 valence electrons. The molecule has 0 saturated heterocycles. The Balaban J connectivity index is 1.80. The lowest BCUT2D eigenvalue weighted by Gasteiger charge is -2.05. The minimum atomic E-state index is -0.905. The van der Waals surface area contributed by atoms with Gasteiger partial charge in [-0.2, -0.15) is 0 Å². The van der Waals surface area contributed by atoms with Crippen molar-refractivity contribution in [2.45, 2.75) is 13.0 Å². The summed E-state index contributed by atoms with van der Waals surface area (Å²) in [6.45, 7) is 1.17. The van der Waals surface area contributed by atoms with E-state index < -0.39 is 10.9 Å². The summed E-state index contributed by atoms with van der Waals surface area (Å²) in [5.41, 5.74) is 1.85. The number of nitro groups is 1. The molecule has 0 aliphatic rings. The number of non-ortho nitro benzene ring substituents is 1. The molecule has 2 N–H and O–H groups in total. The zero-order chi connectivity index (χ0) is 15.2. The van der Waals surface area contributed by atoms with Gasteiger partial charge in [-0.25, -0.2) is 4.79 Å². The molecule has 2 rings (SSSR count). The second kappa shape index (κ2) is 6.96. The van der Waals surface area contributed by atoms with Crippen LogP contribution in [0.5, 0.6) is 0 Å². The maximum Gasteiger partial charge on any atom is 0.346 e. The number of hydrogen-bond acceptors (Lipinski definition) is 5. The van der Waals surface area contributed by atoms with E-state index in [1.165, 1.54) is 23.5 Å². The zero-order valence-electron chi connectivity index (χ0n) is 11.1. The van der Waals surface area contributed by atoms with Crippen LogP contribution < -0.4 is 5.32 Å². The Morgan fingerprint density at radius 2 is 2.00 bits per heavy atom. The van der Waals surface area contributed by atoms with E-state index >= 15 is 0 Å². The van der Waals surface area contributed by atoms with Crippen LogP contribution in [0.1, 0.15) is 20.8 Å². The summed E-state index contributed by atoms with van der Waals surface area (Å²) >= 11 is 1.21. The van der Waals surface area contributed by atoms with Gasteiger partial charge in [-0.3, -0.25) is 10.1 Å². The van der Waals surface area contributed by atoms with Gasteiger partial charge >= 0.3 is 5.97 Å². The van der Waals surface area contributed by atoms with Gasteiger partial charge in [0.1, 0.15) is 4.88 Å². The van der Waals surface area contributed by atoms with Crippen molar-refractivity contribution < 1.29 is 14.8 Å². The maximum absolute atomic E-state index is 11.0. The largest absolute Gasteiger partial charge is 0.477 e. The third-order valence-corrected chi connectivity index (χ3v) is 3.94. The number of nitro benzene ring substituents is 1. The van der Waals surface area contributed by atoms with Crippen molar-refractivity contribution in [3.05, 3.63) is 61.8 Å². The average Bonchev–Trinajstić information content (AvgIpc) is 2.92. The molecule has 0 spiro atoms. The average molecular weight is 306 g/mol. The van der Waals surface area contributed by atoms with Crippen LogP contribution in [0.25, 0.3) is 0 Å². The van der Waals surface area contributed by atoms with E-state index in [9.17, 15) is 14.9 Å². The Morgan fingerprint density at radius 3 is 2.62 bits per heavy atom. The normalized spacial score (nSPS) is 10.5. The van der Waals surface area contributed by atoms with Gasteiger partial charge in [0.25, 0.3) is 5.69 Å². The van der Waals surface area contributed by atoms with Gasteiger partial charge in [-0.05, 0) is 35.5 Å². The summed E-state index contributed by atoms with van der Waals surface area (Å²) in [5.74, 6) is -0.905. The first-order valence-corrected chi connectivity index (χ1v) is 7.19. The van der Waals surface area contributed by atoms with E-state index in [2.05, 4.69) is 5.32 Å². The Hall–Kier alpha value is -2.25. The molecule has 2 aromatic rings. The molecule has 21 heavy (non-hydrogen) atoms. The fraction of sp³-hybridized carbons (Fsp3) is 0.214. The van der Waals surface area contributed by atoms with Crippen molar-refractivity contribution in [3.63, 3.8) is 0 Å². The third-order valence-electron chi connectivity index (χ3n) is 2.99. The van der Waals surface area contributed by atoms with Crippen molar-refractivity contribution in [1.82, 2.24) is 5.32 Å². The molecule has 1 aromatic carbocycles. The predicted molar refractivity (Wildman–Crippen MR) is 79.8 cm³/mol. The molecule has 0 unspecified atom stereocenters. The van der Waals surface area contributed by atoms with Crippen molar-refractivity contribution in [2.75, 3.05) is 6.54 Å². The molecule has 0 atom stereocenters. The standard InChI is InChI=1S/C14H14N2O4S/c17-14(18)13-11(6-8-21-13)9-15-7-5-10-1-3-12(4-2-10)16(19)20/h1-4,6,8,15H,5,7,9H2,(H,17,18). The molecule has 0 bridgehead atoms. The zero-order valence-corrected chi connectivity index (χ0v) is 11.9. The minimum Gasteiger partial charge on any atom is -0.477 e. The second-order valence-corrected chi connectivity index (χ2v) is 5.35. The van der Waals surface area contributed by atoms with Crippen LogP contribution in [0, 0.1) is 10.1 Å². The van der Waals surface area contributed by atoms with Gasteiger partial charge in [0.2, 0.25) is 0 Å². The molecule has 1 aromatic heterocycles. The fourth-order valence-corrected chi connectivity index (χ4v) is 2.66. The smallest absolute Gasteiger partial charge is 0.346 e. The van der Waals surface area contributed by atoms with E-state index in [4.69, 9.17) is 5.11 Å². The van der Waals surface area contributed by atoms with Gasteiger partial charge in [0.05, 0.1) is 4.92 Å². The quantitative estimate of drug-likeness (QED) is 0.466. The van der Waals surface area contributed by atoms with Gasteiger partial charge in [0, 0.05) is 18.7 Å². The van der Waals surface area contributed by atoms with Crippen LogP contribution >= 0.6 is 11.3 Å². The first kappa shape index (κ1) is 15.1. The fourth-order valence-electron chi connectivity index (χ4n) is 1.90. The number of benzene rings is 1. The summed E-state index contributed by atoms with van der Waals surface area (Å²) < 4.78 is 0. The molecule has 0 fully saturated rings. The van der Waals surface area contributed by atoms with Gasteiger partial charge in [-0.1, -0.05) is 12.1 Å². The number of nitrogens with one attached hydrogen (secondary N) is 1. The summed E-state index contributed by atoms with van der Waals surface area (Å²) in [6.07, 6.45) is 0.727. The molecule has 0 aliphatic heterocycles. The Morgan fingerprint density at radius 1 is 1.29 bits per heavy atom. The van der Waals surface area contributed by atoms with Crippen molar-refractivity contribution in [2.24, 2.45) is 0 Å². The van der Waals surface area contributed by atoms with Crippen molar-refractivity contribution in [1.29, 1.82) is 0 Å². The second-order valence-electron chi connectivity index (χ2n) is 4.43. The molecule has 0 aliphatic carbocycles. The third kappa shape index (κ3) is 4.11. The van der Waals surface area contributed by atoms with Crippen molar-refractivity contribution >= 4 is 23.0 Å². The van der Waals surface area contributed by atoms with Crippen LogP contribution in [0.4, 0.5) is 5.69 Å². The number of carbonyl (C=O) groups is 1. The topological polar surface area (TPSA) is 92.5 Å². The molecule has 0 amide bonds. The summed E-state index contributed by atoms with van der Waals surface area (Å²) in [4.78, 5) is 21.4. The molecular weight excluding hydrogens is 292 g/mol. The lowest BCUT2D eigenvalue weighted by Crippen LogP contribution is -2.17. The van der Waals surface area contributed by atoms with E-state index in [0.717, 1.165) is 17.5 Å². The van der Waals surface area contributed by atoms with Gasteiger partial charge in [0.15, 0.2) is 0 Å². The van der Waals surface area contributed by atoms with E-state index in [0.29, 0.717) is 18.0 Å². The van der Waals surface area contributed by atoms with Crippen molar-refractivity contribution in [3.8, 4) is 0 Å². The highest BCUT2D eigenvalue weighted by Crippen LogP contribution is 2.16. The SMILES string of the molecule is O=C(O)c1sccc1CNCCc1ccc([N+](=O)[O-])cc1. The first-order chi connectivity index (χ1) is 10.1. The molecular formula is C14H14N2O4S. The highest BCUT2D eigenvalue weighted by Gasteiger charge is 2.10.